The molecule has 1 aromatic heterocycles. The van der Waals surface area contributed by atoms with Gasteiger partial charge >= 0.3 is 5.97 Å². The summed E-state index contributed by atoms with van der Waals surface area (Å²) in [7, 11) is 0. The third-order valence-electron chi connectivity index (χ3n) is 2.96. The normalized spacial score (nSPS) is 10.2. The van der Waals surface area contributed by atoms with Crippen molar-refractivity contribution in [2.75, 3.05) is 0 Å². The summed E-state index contributed by atoms with van der Waals surface area (Å²) in [6.45, 7) is 3.60. The maximum absolute atomic E-state index is 11.8. The van der Waals surface area contributed by atoms with Crippen LogP contribution in [0.25, 0.3) is 0 Å². The lowest BCUT2D eigenvalue weighted by Gasteiger charge is -2.09. The maximum atomic E-state index is 11.8. The smallest absolute Gasteiger partial charge is 0.338 e. The third-order valence-corrected chi connectivity index (χ3v) is 2.96. The topological polar surface area (TPSA) is 59.4 Å². The number of hydrogen-bond donors (Lipinski definition) is 1. The van der Waals surface area contributed by atoms with Crippen LogP contribution < -0.4 is 0 Å². The minimum atomic E-state index is -0.389. The fourth-order valence-corrected chi connectivity index (χ4v) is 1.70. The predicted octanol–water partition coefficient (Wildman–Crippen LogP) is 2.76. The molecule has 4 nitrogen and oxygen atoms in total. The van der Waals surface area contributed by atoms with Crippen LogP contribution in [0, 0.1) is 13.8 Å². The first-order valence-corrected chi connectivity index (χ1v) is 5.96. The number of ether oxygens (including phenoxy) is 1. The van der Waals surface area contributed by atoms with Crippen molar-refractivity contribution in [3.63, 3.8) is 0 Å². The third kappa shape index (κ3) is 2.91. The Kier molecular flexibility index (Phi) is 3.80. The van der Waals surface area contributed by atoms with Crippen molar-refractivity contribution >= 4 is 5.97 Å². The predicted molar refractivity (Wildman–Crippen MR) is 70.9 cm³/mol. The molecule has 19 heavy (non-hydrogen) atoms. The number of aromatic hydroxyl groups is 1. The molecule has 1 aromatic carbocycles. The molecule has 0 spiro atoms. The second-order valence-electron chi connectivity index (χ2n) is 4.28. The van der Waals surface area contributed by atoms with E-state index in [-0.39, 0.29) is 18.3 Å². The summed E-state index contributed by atoms with van der Waals surface area (Å²) < 4.78 is 5.20. The van der Waals surface area contributed by atoms with E-state index < -0.39 is 0 Å². The molecule has 0 saturated carbocycles. The zero-order valence-electron chi connectivity index (χ0n) is 10.9. The standard InChI is InChI=1S/C15H15NO3/c1-10-13(8-16-11(2)14(10)17)9-19-15(18)12-6-4-3-5-7-12/h3-8,17H,9H2,1-2H3. The number of aromatic nitrogens is 1. The molecule has 4 heteroatoms. The highest BCUT2D eigenvalue weighted by molar-refractivity contribution is 5.89. The van der Waals surface area contributed by atoms with E-state index >= 15 is 0 Å². The van der Waals surface area contributed by atoms with Crippen LogP contribution in [0.2, 0.25) is 0 Å². The van der Waals surface area contributed by atoms with Crippen molar-refractivity contribution in [3.05, 3.63) is 58.9 Å². The van der Waals surface area contributed by atoms with Crippen molar-refractivity contribution in [2.45, 2.75) is 20.5 Å². The van der Waals surface area contributed by atoms with Gasteiger partial charge in [0.25, 0.3) is 0 Å². The van der Waals surface area contributed by atoms with Crippen molar-refractivity contribution in [3.8, 4) is 5.75 Å². The van der Waals surface area contributed by atoms with Crippen molar-refractivity contribution in [1.82, 2.24) is 4.98 Å². The molecule has 0 bridgehead atoms. The van der Waals surface area contributed by atoms with Crippen LogP contribution in [-0.2, 0) is 11.3 Å². The summed E-state index contributed by atoms with van der Waals surface area (Å²) in [5.41, 5.74) is 2.46. The number of hydrogen-bond acceptors (Lipinski definition) is 4. The van der Waals surface area contributed by atoms with Gasteiger partial charge in [-0.3, -0.25) is 4.98 Å². The van der Waals surface area contributed by atoms with E-state index in [0.717, 1.165) is 0 Å². The van der Waals surface area contributed by atoms with Gasteiger partial charge in [0.15, 0.2) is 0 Å². The molecule has 1 heterocycles. The van der Waals surface area contributed by atoms with Gasteiger partial charge in [-0.25, -0.2) is 4.79 Å². The molecule has 0 aliphatic heterocycles. The van der Waals surface area contributed by atoms with Crippen LogP contribution in [0.1, 0.15) is 27.2 Å². The molecule has 2 rings (SSSR count). The van der Waals surface area contributed by atoms with E-state index in [0.29, 0.717) is 22.4 Å². The summed E-state index contributed by atoms with van der Waals surface area (Å²) in [6.07, 6.45) is 1.61. The molecule has 0 fully saturated rings. The van der Waals surface area contributed by atoms with E-state index in [4.69, 9.17) is 4.74 Å². The molecule has 0 saturated heterocycles. The van der Waals surface area contributed by atoms with E-state index in [2.05, 4.69) is 4.98 Å². The Morgan fingerprint density at radius 2 is 1.95 bits per heavy atom. The summed E-state index contributed by atoms with van der Waals surface area (Å²) in [5, 5.41) is 9.77. The Morgan fingerprint density at radius 1 is 1.26 bits per heavy atom. The fraction of sp³-hybridized carbons (Fsp3) is 0.200. The van der Waals surface area contributed by atoms with Crippen LogP contribution in [0.3, 0.4) is 0 Å². The molecule has 0 radical (unpaired) electrons. The van der Waals surface area contributed by atoms with Gasteiger partial charge in [0, 0.05) is 17.3 Å². The summed E-state index contributed by atoms with van der Waals surface area (Å²) >= 11 is 0. The van der Waals surface area contributed by atoms with Crippen LogP contribution in [0.5, 0.6) is 5.75 Å². The van der Waals surface area contributed by atoms with Gasteiger partial charge in [0.1, 0.15) is 12.4 Å². The summed E-state index contributed by atoms with van der Waals surface area (Å²) in [5.74, 6) is -0.242. The van der Waals surface area contributed by atoms with Crippen LogP contribution in [-0.4, -0.2) is 16.1 Å². The van der Waals surface area contributed by atoms with Gasteiger partial charge in [-0.15, -0.1) is 0 Å². The minimum Gasteiger partial charge on any atom is -0.506 e. The number of aryl methyl sites for hydroxylation is 1. The van der Waals surface area contributed by atoms with Gasteiger partial charge in [-0.2, -0.15) is 0 Å². The Bertz CT molecular complexity index is 594. The molecular weight excluding hydrogens is 242 g/mol. The number of carbonyl (C=O) groups is 1. The Hall–Kier alpha value is -2.36. The average molecular weight is 257 g/mol. The lowest BCUT2D eigenvalue weighted by molar-refractivity contribution is 0.0471. The monoisotopic (exact) mass is 257 g/mol. The van der Waals surface area contributed by atoms with Gasteiger partial charge in [0.05, 0.1) is 11.3 Å². The molecule has 98 valence electrons. The number of esters is 1. The zero-order chi connectivity index (χ0) is 13.8. The molecule has 0 aliphatic rings. The highest BCUT2D eigenvalue weighted by atomic mass is 16.5. The maximum Gasteiger partial charge on any atom is 0.338 e. The van der Waals surface area contributed by atoms with E-state index in [9.17, 15) is 9.90 Å². The van der Waals surface area contributed by atoms with Crippen LogP contribution in [0.4, 0.5) is 0 Å². The van der Waals surface area contributed by atoms with Gasteiger partial charge in [-0.1, -0.05) is 18.2 Å². The molecule has 0 atom stereocenters. The molecule has 1 N–H and O–H groups in total. The zero-order valence-corrected chi connectivity index (χ0v) is 10.9. The summed E-state index contributed by atoms with van der Waals surface area (Å²) in [4.78, 5) is 15.8. The first kappa shape index (κ1) is 13.1. The molecule has 0 amide bonds. The van der Waals surface area contributed by atoms with Crippen molar-refractivity contribution in [2.24, 2.45) is 0 Å². The Labute approximate surface area is 111 Å². The second-order valence-corrected chi connectivity index (χ2v) is 4.28. The lowest BCUT2D eigenvalue weighted by atomic mass is 10.1. The van der Waals surface area contributed by atoms with Gasteiger partial charge < -0.3 is 9.84 Å². The number of rotatable bonds is 3. The average Bonchev–Trinajstić information content (AvgIpc) is 2.45. The fourth-order valence-electron chi connectivity index (χ4n) is 1.70. The molecule has 2 aromatic rings. The highest BCUT2D eigenvalue weighted by Crippen LogP contribution is 2.23. The SMILES string of the molecule is Cc1ncc(COC(=O)c2ccccc2)c(C)c1O. The number of benzene rings is 1. The first-order chi connectivity index (χ1) is 9.09. The van der Waals surface area contributed by atoms with Crippen LogP contribution in [0.15, 0.2) is 36.5 Å². The Balaban J connectivity index is 2.08. The number of nitrogens with zero attached hydrogens (tertiary/aromatic N) is 1. The van der Waals surface area contributed by atoms with Gasteiger partial charge in [0.2, 0.25) is 0 Å². The van der Waals surface area contributed by atoms with E-state index in [1.807, 2.05) is 6.07 Å². The van der Waals surface area contributed by atoms with E-state index in [1.54, 1.807) is 44.3 Å². The molecular formula is C15H15NO3. The van der Waals surface area contributed by atoms with Crippen molar-refractivity contribution < 1.29 is 14.6 Å². The Morgan fingerprint density at radius 3 is 2.63 bits per heavy atom. The second kappa shape index (κ2) is 5.52. The highest BCUT2D eigenvalue weighted by Gasteiger charge is 2.11. The number of pyridine rings is 1. The number of carbonyl (C=O) groups excluding carboxylic acids is 1. The quantitative estimate of drug-likeness (QED) is 0.859. The van der Waals surface area contributed by atoms with E-state index in [1.165, 1.54) is 0 Å². The van der Waals surface area contributed by atoms with Crippen molar-refractivity contribution in [1.29, 1.82) is 0 Å². The largest absolute Gasteiger partial charge is 0.506 e. The minimum absolute atomic E-state index is 0.0976. The van der Waals surface area contributed by atoms with Gasteiger partial charge in [-0.05, 0) is 26.0 Å². The molecule has 0 unspecified atom stereocenters. The summed E-state index contributed by atoms with van der Waals surface area (Å²) in [6, 6.07) is 8.78. The van der Waals surface area contributed by atoms with Crippen LogP contribution >= 0.6 is 0 Å². The lowest BCUT2D eigenvalue weighted by Crippen LogP contribution is -2.06. The first-order valence-electron chi connectivity index (χ1n) is 5.96. The molecule has 0 aliphatic carbocycles.